The maximum atomic E-state index is 11.3. The average molecular weight is 171 g/mol. The van der Waals surface area contributed by atoms with Gasteiger partial charge in [0.15, 0.2) is 0 Å². The van der Waals surface area contributed by atoms with Gasteiger partial charge >= 0.3 is 0 Å². The molecule has 3 atom stereocenters. The van der Waals surface area contributed by atoms with Crippen LogP contribution in [-0.2, 0) is 14.6 Å². The largest absolute Gasteiger partial charge is 0.373 e. The number of ether oxygens (including phenoxy) is 2. The molecule has 2 aliphatic rings. The van der Waals surface area contributed by atoms with E-state index in [4.69, 9.17) is 9.47 Å². The molecule has 0 aromatic heterocycles. The van der Waals surface area contributed by atoms with Crippen molar-refractivity contribution in [2.75, 3.05) is 13.2 Å². The molecule has 1 radical (unpaired) electrons. The van der Waals surface area contributed by atoms with Crippen molar-refractivity contribution in [2.24, 2.45) is 0 Å². The van der Waals surface area contributed by atoms with Crippen LogP contribution in [0.4, 0.5) is 0 Å². The third-order valence-corrected chi connectivity index (χ3v) is 2.38. The Balaban J connectivity index is 1.46. The highest BCUT2D eigenvalue weighted by Crippen LogP contribution is 2.21. The second-order valence-corrected chi connectivity index (χ2v) is 3.70. The maximum absolute atomic E-state index is 11.3. The predicted molar refractivity (Wildman–Crippen MR) is 42.4 cm³/mol. The quantitative estimate of drug-likeness (QED) is 0.562. The molecule has 2 rings (SSSR count). The van der Waals surface area contributed by atoms with Gasteiger partial charge in [-0.3, -0.25) is 0 Å². The van der Waals surface area contributed by atoms with Crippen LogP contribution >= 0.6 is 0 Å². The lowest BCUT2D eigenvalue weighted by molar-refractivity contribution is 0.0640. The summed E-state index contributed by atoms with van der Waals surface area (Å²) in [5.74, 6) is 0. The Morgan fingerprint density at radius 2 is 1.92 bits per heavy atom. The van der Waals surface area contributed by atoms with Crippen molar-refractivity contribution >= 4 is 0 Å². The summed E-state index contributed by atoms with van der Waals surface area (Å²) >= 11 is 0. The van der Waals surface area contributed by atoms with Crippen LogP contribution in [0.5, 0.6) is 0 Å². The first-order valence-electron chi connectivity index (χ1n) is 4.73. The molecule has 12 heavy (non-hydrogen) atoms. The molecule has 0 amide bonds. The van der Waals surface area contributed by atoms with E-state index in [1.54, 1.807) is 0 Å². The number of hydrogen-bond acceptors (Lipinski definition) is 2. The van der Waals surface area contributed by atoms with E-state index in [1.165, 1.54) is 0 Å². The maximum Gasteiger partial charge on any atom is 0.0955 e. The van der Waals surface area contributed by atoms with Crippen molar-refractivity contribution in [3.63, 3.8) is 0 Å². The minimum absolute atomic E-state index is 0.296. The van der Waals surface area contributed by atoms with Gasteiger partial charge in [-0.05, 0) is 19.3 Å². The van der Waals surface area contributed by atoms with Gasteiger partial charge in [-0.25, -0.2) is 5.11 Å². The zero-order valence-corrected chi connectivity index (χ0v) is 7.20. The van der Waals surface area contributed by atoms with Gasteiger partial charge < -0.3 is 9.47 Å². The van der Waals surface area contributed by atoms with E-state index in [0.29, 0.717) is 18.6 Å². The van der Waals surface area contributed by atoms with E-state index in [9.17, 15) is 5.11 Å². The Hall–Kier alpha value is -0.120. The molecule has 2 aliphatic heterocycles. The average Bonchev–Trinajstić information content (AvgIpc) is 2.77. The SMILES string of the molecule is [O]C(CCCC1CO1)CC1CO1. The molecular formula is C9H15O3. The smallest absolute Gasteiger partial charge is 0.0955 e. The molecule has 3 heteroatoms. The highest BCUT2D eigenvalue weighted by molar-refractivity contribution is 4.74. The second-order valence-electron chi connectivity index (χ2n) is 3.70. The van der Waals surface area contributed by atoms with Gasteiger partial charge in [-0.15, -0.1) is 0 Å². The van der Waals surface area contributed by atoms with Crippen LogP contribution in [0.15, 0.2) is 0 Å². The lowest BCUT2D eigenvalue weighted by atomic mass is 10.1. The van der Waals surface area contributed by atoms with Gasteiger partial charge in [0.25, 0.3) is 0 Å². The van der Waals surface area contributed by atoms with Crippen molar-refractivity contribution in [1.29, 1.82) is 0 Å². The number of epoxide rings is 2. The molecule has 2 saturated heterocycles. The van der Waals surface area contributed by atoms with Gasteiger partial charge in [0.1, 0.15) is 0 Å². The fourth-order valence-electron chi connectivity index (χ4n) is 1.42. The molecule has 0 aromatic carbocycles. The molecule has 0 spiro atoms. The summed E-state index contributed by atoms with van der Waals surface area (Å²) < 4.78 is 10.1. The van der Waals surface area contributed by atoms with Crippen LogP contribution in [0, 0.1) is 0 Å². The topological polar surface area (TPSA) is 45.0 Å². The monoisotopic (exact) mass is 171 g/mol. The van der Waals surface area contributed by atoms with Gasteiger partial charge in [-0.2, -0.15) is 0 Å². The van der Waals surface area contributed by atoms with Crippen molar-refractivity contribution in [1.82, 2.24) is 0 Å². The van der Waals surface area contributed by atoms with E-state index >= 15 is 0 Å². The Bertz CT molecular complexity index is 141. The van der Waals surface area contributed by atoms with Gasteiger partial charge in [0.05, 0.1) is 31.5 Å². The normalized spacial score (nSPS) is 34.8. The molecule has 2 heterocycles. The number of hydrogen-bond donors (Lipinski definition) is 0. The summed E-state index contributed by atoms with van der Waals surface area (Å²) in [6.45, 7) is 1.72. The zero-order valence-electron chi connectivity index (χ0n) is 7.20. The standard InChI is InChI=1S/C9H15O3/c10-7(4-9-6-12-9)2-1-3-8-5-11-8/h7-9H,1-6H2. The molecule has 0 bridgehead atoms. The third kappa shape index (κ3) is 3.09. The van der Waals surface area contributed by atoms with Crippen LogP contribution in [0.2, 0.25) is 0 Å². The van der Waals surface area contributed by atoms with Gasteiger partial charge in [0, 0.05) is 6.42 Å². The fourth-order valence-corrected chi connectivity index (χ4v) is 1.42. The molecule has 3 nitrogen and oxygen atoms in total. The molecule has 2 fully saturated rings. The Morgan fingerprint density at radius 1 is 1.25 bits per heavy atom. The van der Waals surface area contributed by atoms with Crippen molar-refractivity contribution in [2.45, 2.75) is 44.0 Å². The lowest BCUT2D eigenvalue weighted by Gasteiger charge is -2.04. The zero-order chi connectivity index (χ0) is 8.39. The van der Waals surface area contributed by atoms with E-state index in [0.717, 1.165) is 32.5 Å². The first-order chi connectivity index (χ1) is 5.84. The van der Waals surface area contributed by atoms with Gasteiger partial charge in [0.2, 0.25) is 0 Å². The van der Waals surface area contributed by atoms with Crippen LogP contribution in [0.3, 0.4) is 0 Å². The molecular weight excluding hydrogens is 156 g/mol. The molecule has 69 valence electrons. The third-order valence-electron chi connectivity index (χ3n) is 2.38. The summed E-state index contributed by atoms with van der Waals surface area (Å²) in [6.07, 6.45) is 3.97. The molecule has 0 N–H and O–H groups in total. The van der Waals surface area contributed by atoms with Crippen LogP contribution in [-0.4, -0.2) is 31.5 Å². The summed E-state index contributed by atoms with van der Waals surface area (Å²) in [4.78, 5) is 0. The van der Waals surface area contributed by atoms with Crippen LogP contribution in [0.1, 0.15) is 25.7 Å². The highest BCUT2D eigenvalue weighted by Gasteiger charge is 2.27. The fraction of sp³-hybridized carbons (Fsp3) is 1.00. The van der Waals surface area contributed by atoms with E-state index in [2.05, 4.69) is 0 Å². The predicted octanol–water partition coefficient (Wildman–Crippen LogP) is 1.14. The van der Waals surface area contributed by atoms with E-state index < -0.39 is 6.10 Å². The van der Waals surface area contributed by atoms with Crippen molar-refractivity contribution in [3.8, 4) is 0 Å². The highest BCUT2D eigenvalue weighted by atomic mass is 16.6. The first-order valence-corrected chi connectivity index (χ1v) is 4.73. The minimum Gasteiger partial charge on any atom is -0.373 e. The van der Waals surface area contributed by atoms with Crippen molar-refractivity contribution < 1.29 is 14.6 Å². The Labute approximate surface area is 72.7 Å². The van der Waals surface area contributed by atoms with Gasteiger partial charge in [-0.1, -0.05) is 0 Å². The van der Waals surface area contributed by atoms with Crippen molar-refractivity contribution in [3.05, 3.63) is 0 Å². The summed E-state index contributed by atoms with van der Waals surface area (Å²) in [6, 6.07) is 0. The summed E-state index contributed by atoms with van der Waals surface area (Å²) in [5, 5.41) is 11.3. The summed E-state index contributed by atoms with van der Waals surface area (Å²) in [5.41, 5.74) is 0. The molecule has 0 aliphatic carbocycles. The Morgan fingerprint density at radius 3 is 2.50 bits per heavy atom. The summed E-state index contributed by atoms with van der Waals surface area (Å²) in [7, 11) is 0. The number of rotatable bonds is 6. The van der Waals surface area contributed by atoms with E-state index in [-0.39, 0.29) is 0 Å². The minimum atomic E-state index is -0.406. The molecule has 3 unspecified atom stereocenters. The first kappa shape index (κ1) is 8.48. The second kappa shape index (κ2) is 3.73. The van der Waals surface area contributed by atoms with Crippen LogP contribution < -0.4 is 0 Å². The Kier molecular flexibility index (Phi) is 2.63. The van der Waals surface area contributed by atoms with E-state index in [1.807, 2.05) is 0 Å². The van der Waals surface area contributed by atoms with Crippen LogP contribution in [0.25, 0.3) is 0 Å². The molecule has 0 saturated carbocycles. The molecule has 0 aromatic rings. The lowest BCUT2D eigenvalue weighted by Crippen LogP contribution is -2.08.